The monoisotopic (exact) mass is 485 g/mol. The number of esters is 1. The first-order valence-electron chi connectivity index (χ1n) is 11.2. The van der Waals surface area contributed by atoms with E-state index in [4.69, 9.17) is 4.74 Å². The van der Waals surface area contributed by atoms with Crippen molar-refractivity contribution in [3.8, 4) is 0 Å². The highest BCUT2D eigenvalue weighted by molar-refractivity contribution is 6.22. The first-order valence-corrected chi connectivity index (χ1v) is 11.2. The molecule has 2 N–H and O–H groups in total. The van der Waals surface area contributed by atoms with Gasteiger partial charge in [-0.3, -0.25) is 24.1 Å². The summed E-state index contributed by atoms with van der Waals surface area (Å²) in [5.74, 6) is -2.45. The van der Waals surface area contributed by atoms with Crippen LogP contribution < -0.4 is 10.6 Å². The van der Waals surface area contributed by atoms with E-state index in [0.29, 0.717) is 17.8 Å². The van der Waals surface area contributed by atoms with E-state index >= 15 is 0 Å². The van der Waals surface area contributed by atoms with E-state index in [1.807, 2.05) is 30.3 Å². The maximum atomic E-state index is 12.8. The molecule has 0 saturated heterocycles. The number of benzene rings is 3. The van der Waals surface area contributed by atoms with Gasteiger partial charge < -0.3 is 15.4 Å². The minimum atomic E-state index is -0.794. The maximum absolute atomic E-state index is 12.8. The molecule has 9 nitrogen and oxygen atoms in total. The van der Waals surface area contributed by atoms with E-state index in [9.17, 15) is 24.0 Å². The lowest BCUT2D eigenvalue weighted by atomic mass is 10.1. The minimum Gasteiger partial charge on any atom is -0.452 e. The molecule has 0 fully saturated rings. The maximum Gasteiger partial charge on any atom is 0.338 e. The highest BCUT2D eigenvalue weighted by atomic mass is 16.5. The number of nitrogens with one attached hydrogen (secondary N) is 2. The minimum absolute atomic E-state index is 0.0623. The molecule has 1 aliphatic heterocycles. The second-order valence-electron chi connectivity index (χ2n) is 8.14. The van der Waals surface area contributed by atoms with E-state index in [-0.39, 0.29) is 29.1 Å². The van der Waals surface area contributed by atoms with Gasteiger partial charge in [0, 0.05) is 24.8 Å². The number of rotatable bonds is 8. The zero-order valence-electron chi connectivity index (χ0n) is 19.4. The number of fused-ring (bicyclic) bond motifs is 1. The third kappa shape index (κ3) is 5.64. The van der Waals surface area contributed by atoms with Crippen molar-refractivity contribution in [3.63, 3.8) is 0 Å². The molecule has 0 saturated carbocycles. The number of hydrogen-bond donors (Lipinski definition) is 2. The van der Waals surface area contributed by atoms with Crippen LogP contribution in [0, 0.1) is 0 Å². The Morgan fingerprint density at radius 1 is 0.806 bits per heavy atom. The van der Waals surface area contributed by atoms with Gasteiger partial charge in [0.15, 0.2) is 6.61 Å². The van der Waals surface area contributed by atoms with Gasteiger partial charge in [-0.2, -0.15) is 0 Å². The summed E-state index contributed by atoms with van der Waals surface area (Å²) in [7, 11) is 0. The molecule has 0 unspecified atom stereocenters. The fourth-order valence-corrected chi connectivity index (χ4v) is 3.76. The third-order valence-corrected chi connectivity index (χ3v) is 5.50. The molecule has 0 spiro atoms. The van der Waals surface area contributed by atoms with Crippen LogP contribution in [0.25, 0.3) is 0 Å². The van der Waals surface area contributed by atoms with Gasteiger partial charge in [0.2, 0.25) is 5.91 Å². The van der Waals surface area contributed by atoms with Crippen LogP contribution in [0.1, 0.15) is 43.6 Å². The average Bonchev–Trinajstić information content (AvgIpc) is 3.11. The molecule has 36 heavy (non-hydrogen) atoms. The second-order valence-corrected chi connectivity index (χ2v) is 8.14. The van der Waals surface area contributed by atoms with Crippen LogP contribution >= 0.6 is 0 Å². The van der Waals surface area contributed by atoms with Crippen molar-refractivity contribution in [3.05, 3.63) is 95.1 Å². The summed E-state index contributed by atoms with van der Waals surface area (Å²) in [4.78, 5) is 62.4. The molecule has 4 amide bonds. The van der Waals surface area contributed by atoms with Gasteiger partial charge in [-0.25, -0.2) is 4.79 Å². The molecule has 3 aromatic rings. The summed E-state index contributed by atoms with van der Waals surface area (Å²) in [5, 5.41) is 5.20. The summed E-state index contributed by atoms with van der Waals surface area (Å²) < 4.78 is 5.07. The summed E-state index contributed by atoms with van der Waals surface area (Å²) >= 11 is 0. The summed E-state index contributed by atoms with van der Waals surface area (Å²) in [6.45, 7) is 1.07. The van der Waals surface area contributed by atoms with Crippen LogP contribution in [-0.4, -0.2) is 47.6 Å². The van der Waals surface area contributed by atoms with Crippen LogP contribution in [0.5, 0.6) is 0 Å². The second kappa shape index (κ2) is 10.6. The number of carbonyl (C=O) groups is 5. The number of hydrogen-bond acceptors (Lipinski definition) is 6. The molecule has 0 aromatic heterocycles. The Bertz CT molecular complexity index is 1340. The first kappa shape index (κ1) is 24.3. The quantitative estimate of drug-likeness (QED) is 0.373. The van der Waals surface area contributed by atoms with Crippen LogP contribution in [0.3, 0.4) is 0 Å². The molecule has 0 atom stereocenters. The summed E-state index contributed by atoms with van der Waals surface area (Å²) in [5.41, 5.74) is 2.46. The lowest BCUT2D eigenvalue weighted by Gasteiger charge is -2.13. The van der Waals surface area contributed by atoms with Gasteiger partial charge in [-0.05, 0) is 54.4 Å². The van der Waals surface area contributed by atoms with Crippen LogP contribution in [-0.2, 0) is 20.7 Å². The van der Waals surface area contributed by atoms with Crippen molar-refractivity contribution in [2.45, 2.75) is 13.3 Å². The van der Waals surface area contributed by atoms with E-state index < -0.39 is 30.3 Å². The van der Waals surface area contributed by atoms with Crippen LogP contribution in [0.4, 0.5) is 11.4 Å². The Hall–Kier alpha value is -4.79. The Morgan fingerprint density at radius 3 is 2.11 bits per heavy atom. The molecule has 9 heteroatoms. The fourth-order valence-electron chi connectivity index (χ4n) is 3.76. The van der Waals surface area contributed by atoms with Crippen LogP contribution in [0.15, 0.2) is 72.8 Å². The first-order chi connectivity index (χ1) is 17.3. The van der Waals surface area contributed by atoms with Gasteiger partial charge in [-0.1, -0.05) is 30.3 Å². The topological polar surface area (TPSA) is 122 Å². The van der Waals surface area contributed by atoms with E-state index in [1.54, 1.807) is 24.3 Å². The zero-order valence-corrected chi connectivity index (χ0v) is 19.4. The number of ether oxygens (including phenoxy) is 1. The SMILES string of the molecule is CC(=O)Nc1ccc(NC(=O)COC(=O)c2ccc3c(c2)C(=O)N(CCc2ccccc2)C3=O)cc1. The summed E-state index contributed by atoms with van der Waals surface area (Å²) in [6, 6.07) is 20.1. The smallest absolute Gasteiger partial charge is 0.338 e. The van der Waals surface area contributed by atoms with Gasteiger partial charge in [-0.15, -0.1) is 0 Å². The van der Waals surface area contributed by atoms with Crippen molar-refractivity contribution in [2.24, 2.45) is 0 Å². The van der Waals surface area contributed by atoms with Gasteiger partial charge in [0.1, 0.15) is 0 Å². The van der Waals surface area contributed by atoms with Crippen molar-refractivity contribution in [1.29, 1.82) is 0 Å². The highest BCUT2D eigenvalue weighted by Gasteiger charge is 2.35. The molecule has 0 bridgehead atoms. The number of imide groups is 1. The largest absolute Gasteiger partial charge is 0.452 e. The van der Waals surface area contributed by atoms with Gasteiger partial charge in [0.05, 0.1) is 16.7 Å². The Labute approximate surface area is 207 Å². The van der Waals surface area contributed by atoms with Gasteiger partial charge in [0.25, 0.3) is 17.7 Å². The van der Waals surface area contributed by atoms with Crippen molar-refractivity contribution < 1.29 is 28.7 Å². The standard InChI is InChI=1S/C27H23N3O6/c1-17(31)28-20-8-10-21(11-9-20)29-24(32)16-36-27(35)19-7-12-22-23(15-19)26(34)30(25(22)33)14-13-18-5-3-2-4-6-18/h2-12,15H,13-14,16H2,1H3,(H,28,31)(H,29,32). The van der Waals surface area contributed by atoms with E-state index in [2.05, 4.69) is 10.6 Å². The number of nitrogens with zero attached hydrogens (tertiary/aromatic N) is 1. The fraction of sp³-hybridized carbons (Fsp3) is 0.148. The van der Waals surface area contributed by atoms with Crippen molar-refractivity contribution >= 4 is 41.0 Å². The number of carbonyl (C=O) groups excluding carboxylic acids is 5. The lowest BCUT2D eigenvalue weighted by molar-refractivity contribution is -0.119. The Morgan fingerprint density at radius 2 is 1.44 bits per heavy atom. The Balaban J connectivity index is 1.33. The third-order valence-electron chi connectivity index (χ3n) is 5.50. The predicted octanol–water partition coefficient (Wildman–Crippen LogP) is 3.28. The van der Waals surface area contributed by atoms with Crippen molar-refractivity contribution in [1.82, 2.24) is 4.90 Å². The van der Waals surface area contributed by atoms with Gasteiger partial charge >= 0.3 is 5.97 Å². The Kier molecular flexibility index (Phi) is 7.20. The molecular formula is C27H23N3O6. The normalized spacial score (nSPS) is 12.2. The lowest BCUT2D eigenvalue weighted by Crippen LogP contribution is -2.31. The summed E-state index contributed by atoms with van der Waals surface area (Å²) in [6.07, 6.45) is 0.520. The van der Waals surface area contributed by atoms with Crippen molar-refractivity contribution in [2.75, 3.05) is 23.8 Å². The molecule has 1 heterocycles. The highest BCUT2D eigenvalue weighted by Crippen LogP contribution is 2.25. The molecule has 4 rings (SSSR count). The molecular weight excluding hydrogens is 462 g/mol. The number of amides is 4. The zero-order chi connectivity index (χ0) is 25.7. The predicted molar refractivity (Wildman–Crippen MR) is 132 cm³/mol. The van der Waals surface area contributed by atoms with Crippen LogP contribution in [0.2, 0.25) is 0 Å². The number of anilines is 2. The molecule has 0 radical (unpaired) electrons. The van der Waals surface area contributed by atoms with E-state index in [0.717, 1.165) is 10.5 Å². The van der Waals surface area contributed by atoms with E-state index in [1.165, 1.54) is 25.1 Å². The molecule has 1 aliphatic rings. The molecule has 3 aromatic carbocycles. The molecule has 182 valence electrons. The average molecular weight is 485 g/mol. The molecule has 0 aliphatic carbocycles.